The second-order valence-corrected chi connectivity index (χ2v) is 8.41. The molecule has 158 valence electrons. The highest BCUT2D eigenvalue weighted by atomic mass is 16.7. The van der Waals surface area contributed by atoms with Crippen LogP contribution < -0.4 is 14.8 Å². The monoisotopic (exact) mass is 406 g/mol. The molecule has 0 saturated carbocycles. The van der Waals surface area contributed by atoms with Crippen molar-refractivity contribution < 1.29 is 14.3 Å². The van der Waals surface area contributed by atoms with Crippen LogP contribution in [0.3, 0.4) is 0 Å². The van der Waals surface area contributed by atoms with Crippen LogP contribution in [0.15, 0.2) is 42.6 Å². The lowest BCUT2D eigenvalue weighted by Gasteiger charge is -2.21. The fourth-order valence-electron chi connectivity index (χ4n) is 4.02. The molecule has 0 spiro atoms. The van der Waals surface area contributed by atoms with E-state index in [1.54, 1.807) is 0 Å². The van der Waals surface area contributed by atoms with Crippen molar-refractivity contribution in [1.29, 1.82) is 0 Å². The number of aromatic nitrogens is 1. The molecule has 1 amide bonds. The summed E-state index contributed by atoms with van der Waals surface area (Å²) in [5.41, 5.74) is 4.61. The minimum atomic E-state index is -0.0836. The van der Waals surface area contributed by atoms with E-state index in [-0.39, 0.29) is 24.7 Å². The number of fused-ring (bicyclic) bond motifs is 2. The Morgan fingerprint density at radius 1 is 1.13 bits per heavy atom. The van der Waals surface area contributed by atoms with Crippen molar-refractivity contribution in [1.82, 2.24) is 10.3 Å². The van der Waals surface area contributed by atoms with Crippen molar-refractivity contribution in [2.75, 3.05) is 6.79 Å². The molecule has 0 fully saturated rings. The summed E-state index contributed by atoms with van der Waals surface area (Å²) in [6.07, 6.45) is 3.39. The number of aryl methyl sites for hydroxylation is 1. The van der Waals surface area contributed by atoms with Crippen LogP contribution in [0.4, 0.5) is 0 Å². The normalized spacial score (nSPS) is 14.8. The molecule has 1 aliphatic rings. The van der Waals surface area contributed by atoms with Crippen LogP contribution in [0.2, 0.25) is 0 Å². The van der Waals surface area contributed by atoms with E-state index in [2.05, 4.69) is 62.4 Å². The SMILES string of the molecule is CCc1cccc2c(C(CC(=O)NC(C)C(C)C)c3ccc4c(c3)OCO4)c[nH]c12. The molecule has 2 N–H and O–H groups in total. The van der Waals surface area contributed by atoms with Gasteiger partial charge in [-0.05, 0) is 48.1 Å². The molecular formula is C25H30N2O3. The zero-order chi connectivity index (χ0) is 21.3. The lowest BCUT2D eigenvalue weighted by Crippen LogP contribution is -2.36. The fraction of sp³-hybridized carbons (Fsp3) is 0.400. The van der Waals surface area contributed by atoms with Crippen LogP contribution in [0.1, 0.15) is 56.7 Å². The number of aromatic amines is 1. The first-order valence-electron chi connectivity index (χ1n) is 10.8. The van der Waals surface area contributed by atoms with Crippen LogP contribution in [0, 0.1) is 5.92 Å². The smallest absolute Gasteiger partial charge is 0.231 e. The highest BCUT2D eigenvalue weighted by molar-refractivity contribution is 5.88. The molecule has 5 nitrogen and oxygen atoms in total. The number of para-hydroxylation sites is 1. The molecule has 0 saturated heterocycles. The maximum atomic E-state index is 13.0. The number of ether oxygens (including phenoxy) is 2. The maximum Gasteiger partial charge on any atom is 0.231 e. The molecule has 0 bridgehead atoms. The van der Waals surface area contributed by atoms with E-state index in [9.17, 15) is 4.79 Å². The fourth-order valence-corrected chi connectivity index (χ4v) is 4.02. The average molecular weight is 407 g/mol. The summed E-state index contributed by atoms with van der Waals surface area (Å²) in [5.74, 6) is 1.85. The largest absolute Gasteiger partial charge is 0.454 e. The van der Waals surface area contributed by atoms with Crippen molar-refractivity contribution in [2.45, 2.75) is 52.5 Å². The topological polar surface area (TPSA) is 63.4 Å². The standard InChI is InChI=1S/C25H30N2O3/c1-5-17-7-6-8-19-21(13-26-25(17)19)20(12-24(28)27-16(4)15(2)3)18-9-10-22-23(11-18)30-14-29-22/h6-11,13,15-16,20,26H,5,12,14H2,1-4H3,(H,27,28). The Labute approximate surface area is 177 Å². The summed E-state index contributed by atoms with van der Waals surface area (Å²) >= 11 is 0. The Bertz CT molecular complexity index is 1050. The number of carbonyl (C=O) groups is 1. The number of carbonyl (C=O) groups excluding carboxylic acids is 1. The van der Waals surface area contributed by atoms with Crippen LogP contribution in [-0.2, 0) is 11.2 Å². The Hall–Kier alpha value is -2.95. The Kier molecular flexibility index (Phi) is 5.71. The zero-order valence-corrected chi connectivity index (χ0v) is 18.1. The molecule has 4 rings (SSSR count). The van der Waals surface area contributed by atoms with E-state index >= 15 is 0 Å². The van der Waals surface area contributed by atoms with Gasteiger partial charge in [0.1, 0.15) is 0 Å². The van der Waals surface area contributed by atoms with Gasteiger partial charge in [-0.2, -0.15) is 0 Å². The minimum Gasteiger partial charge on any atom is -0.454 e. The highest BCUT2D eigenvalue weighted by Gasteiger charge is 2.25. The van der Waals surface area contributed by atoms with Gasteiger partial charge in [-0.15, -0.1) is 0 Å². The lowest BCUT2D eigenvalue weighted by atomic mass is 9.87. The summed E-state index contributed by atoms with van der Waals surface area (Å²) < 4.78 is 11.1. The number of amides is 1. The quantitative estimate of drug-likeness (QED) is 0.571. The Balaban J connectivity index is 1.73. The molecule has 2 atom stereocenters. The van der Waals surface area contributed by atoms with Gasteiger partial charge in [0.2, 0.25) is 12.7 Å². The van der Waals surface area contributed by atoms with Crippen LogP contribution >= 0.6 is 0 Å². The van der Waals surface area contributed by atoms with Crippen LogP contribution in [0.5, 0.6) is 11.5 Å². The maximum absolute atomic E-state index is 13.0. The second kappa shape index (κ2) is 8.42. The number of hydrogen-bond donors (Lipinski definition) is 2. The minimum absolute atomic E-state index is 0.0554. The van der Waals surface area contributed by atoms with Crippen molar-refractivity contribution >= 4 is 16.8 Å². The predicted molar refractivity (Wildman–Crippen MR) is 119 cm³/mol. The molecule has 3 aromatic rings. The molecule has 0 radical (unpaired) electrons. The number of hydrogen-bond acceptors (Lipinski definition) is 3. The summed E-state index contributed by atoms with van der Waals surface area (Å²) in [6.45, 7) is 8.68. The van der Waals surface area contributed by atoms with Gasteiger partial charge in [-0.25, -0.2) is 0 Å². The molecular weight excluding hydrogens is 376 g/mol. The Morgan fingerprint density at radius 2 is 1.93 bits per heavy atom. The number of benzene rings is 2. The molecule has 2 aromatic carbocycles. The third-order valence-electron chi connectivity index (χ3n) is 6.17. The number of rotatable bonds is 7. The predicted octanol–water partition coefficient (Wildman–Crippen LogP) is 5.14. The molecule has 0 aliphatic carbocycles. The van der Waals surface area contributed by atoms with Crippen molar-refractivity contribution in [3.05, 3.63) is 59.3 Å². The van der Waals surface area contributed by atoms with Crippen molar-refractivity contribution in [3.8, 4) is 11.5 Å². The molecule has 5 heteroatoms. The van der Waals surface area contributed by atoms with Crippen molar-refractivity contribution in [2.24, 2.45) is 5.92 Å². The van der Waals surface area contributed by atoms with E-state index in [0.29, 0.717) is 12.3 Å². The summed E-state index contributed by atoms with van der Waals surface area (Å²) in [7, 11) is 0. The van der Waals surface area contributed by atoms with E-state index in [1.165, 1.54) is 10.9 Å². The van der Waals surface area contributed by atoms with Crippen LogP contribution in [-0.4, -0.2) is 23.7 Å². The van der Waals surface area contributed by atoms with Gasteiger partial charge in [0, 0.05) is 35.5 Å². The summed E-state index contributed by atoms with van der Waals surface area (Å²) in [5, 5.41) is 4.33. The number of nitrogens with one attached hydrogen (secondary N) is 2. The van der Waals surface area contributed by atoms with Gasteiger partial charge >= 0.3 is 0 Å². The molecule has 2 unspecified atom stereocenters. The summed E-state index contributed by atoms with van der Waals surface area (Å²) in [6, 6.07) is 12.5. The van der Waals surface area contributed by atoms with Crippen molar-refractivity contribution in [3.63, 3.8) is 0 Å². The average Bonchev–Trinajstić information content (AvgIpc) is 3.38. The number of H-pyrrole nitrogens is 1. The zero-order valence-electron chi connectivity index (χ0n) is 18.1. The van der Waals surface area contributed by atoms with E-state index in [4.69, 9.17) is 9.47 Å². The van der Waals surface area contributed by atoms with Gasteiger partial charge in [0.15, 0.2) is 11.5 Å². The first-order valence-corrected chi connectivity index (χ1v) is 10.8. The third-order valence-corrected chi connectivity index (χ3v) is 6.17. The van der Waals surface area contributed by atoms with E-state index in [1.807, 2.05) is 18.2 Å². The first-order chi connectivity index (χ1) is 14.5. The molecule has 1 aliphatic heterocycles. The Morgan fingerprint density at radius 3 is 2.70 bits per heavy atom. The van der Waals surface area contributed by atoms with Gasteiger partial charge in [0.05, 0.1) is 0 Å². The molecule has 2 heterocycles. The second-order valence-electron chi connectivity index (χ2n) is 8.41. The third kappa shape index (κ3) is 3.89. The molecule has 30 heavy (non-hydrogen) atoms. The van der Waals surface area contributed by atoms with E-state index in [0.717, 1.165) is 34.6 Å². The van der Waals surface area contributed by atoms with Gasteiger partial charge in [-0.3, -0.25) is 4.79 Å². The lowest BCUT2D eigenvalue weighted by molar-refractivity contribution is -0.122. The van der Waals surface area contributed by atoms with Crippen LogP contribution in [0.25, 0.3) is 10.9 Å². The molecule has 1 aromatic heterocycles. The van der Waals surface area contributed by atoms with Gasteiger partial charge < -0.3 is 19.8 Å². The van der Waals surface area contributed by atoms with Gasteiger partial charge in [0.25, 0.3) is 0 Å². The summed E-state index contributed by atoms with van der Waals surface area (Å²) in [4.78, 5) is 16.4. The first kappa shape index (κ1) is 20.3. The highest BCUT2D eigenvalue weighted by Crippen LogP contribution is 2.39. The van der Waals surface area contributed by atoms with E-state index < -0.39 is 0 Å². The van der Waals surface area contributed by atoms with Gasteiger partial charge in [-0.1, -0.05) is 45.0 Å².